The van der Waals surface area contributed by atoms with E-state index in [9.17, 15) is 33.1 Å². The second-order valence-electron chi connectivity index (χ2n) is 9.33. The fourth-order valence-electron chi connectivity index (χ4n) is 4.87. The highest BCUT2D eigenvalue weighted by molar-refractivity contribution is 5.99. The summed E-state index contributed by atoms with van der Waals surface area (Å²) >= 11 is 0. The molecular formula is C24H26F2N4O5. The second kappa shape index (κ2) is 8.79. The third kappa shape index (κ3) is 4.04. The molecule has 4 rings (SSSR count). The highest BCUT2D eigenvalue weighted by Gasteiger charge is 2.54. The topological polar surface area (TPSA) is 121 Å². The van der Waals surface area contributed by atoms with Gasteiger partial charge in [0.2, 0.25) is 11.3 Å². The molecule has 2 aromatic rings. The van der Waals surface area contributed by atoms with Crippen molar-refractivity contribution < 1.29 is 28.3 Å². The molecule has 1 saturated carbocycles. The van der Waals surface area contributed by atoms with Crippen LogP contribution in [0, 0.1) is 17.6 Å². The van der Waals surface area contributed by atoms with Crippen molar-refractivity contribution >= 4 is 17.7 Å². The monoisotopic (exact) mass is 488 g/mol. The average Bonchev–Trinajstić information content (AvgIpc) is 2.78. The van der Waals surface area contributed by atoms with Gasteiger partial charge in [-0.15, -0.1) is 0 Å². The van der Waals surface area contributed by atoms with E-state index in [4.69, 9.17) is 0 Å². The van der Waals surface area contributed by atoms with Gasteiger partial charge >= 0.3 is 0 Å². The second-order valence-corrected chi connectivity index (χ2v) is 9.33. The van der Waals surface area contributed by atoms with Crippen LogP contribution < -0.4 is 16.1 Å². The number of benzene rings is 1. The Kier molecular flexibility index (Phi) is 6.12. The highest BCUT2D eigenvalue weighted by Crippen LogP contribution is 2.48. The van der Waals surface area contributed by atoms with Gasteiger partial charge in [-0.2, -0.15) is 0 Å². The lowest BCUT2D eigenvalue weighted by molar-refractivity contribution is -0.132. The lowest BCUT2D eigenvalue weighted by atomic mass is 9.66. The van der Waals surface area contributed by atoms with Gasteiger partial charge in [-0.1, -0.05) is 6.07 Å². The Balaban J connectivity index is 1.72. The number of pyridine rings is 1. The molecule has 3 amide bonds. The molecule has 1 fully saturated rings. The van der Waals surface area contributed by atoms with Gasteiger partial charge in [0.05, 0.1) is 5.54 Å². The highest BCUT2D eigenvalue weighted by atomic mass is 19.1. The molecule has 1 spiro atoms. The number of carbonyl (C=O) groups is 3. The molecule has 11 heteroatoms. The van der Waals surface area contributed by atoms with Gasteiger partial charge in [-0.25, -0.2) is 8.78 Å². The number of aromatic hydroxyl groups is 1. The van der Waals surface area contributed by atoms with Gasteiger partial charge in [-0.05, 0) is 32.8 Å². The van der Waals surface area contributed by atoms with Crippen molar-refractivity contribution in [2.45, 2.75) is 44.8 Å². The van der Waals surface area contributed by atoms with E-state index in [1.54, 1.807) is 0 Å². The quantitative estimate of drug-likeness (QED) is 0.589. The average molecular weight is 488 g/mol. The normalized spacial score (nSPS) is 21.0. The number of halogens is 2. The van der Waals surface area contributed by atoms with E-state index in [0.717, 1.165) is 6.07 Å². The van der Waals surface area contributed by atoms with Crippen molar-refractivity contribution in [3.63, 3.8) is 0 Å². The molecule has 0 atom stereocenters. The smallest absolute Gasteiger partial charge is 0.274 e. The van der Waals surface area contributed by atoms with Crippen molar-refractivity contribution in [1.29, 1.82) is 0 Å². The zero-order valence-corrected chi connectivity index (χ0v) is 19.5. The van der Waals surface area contributed by atoms with Gasteiger partial charge in [0.1, 0.15) is 17.2 Å². The van der Waals surface area contributed by atoms with E-state index in [2.05, 4.69) is 10.6 Å². The molecule has 2 aliphatic rings. The zero-order chi connectivity index (χ0) is 25.7. The van der Waals surface area contributed by atoms with Crippen LogP contribution in [0.3, 0.4) is 0 Å². The van der Waals surface area contributed by atoms with E-state index < -0.39 is 45.7 Å². The molecule has 186 valence electrons. The van der Waals surface area contributed by atoms with Crippen LogP contribution in [0.5, 0.6) is 5.75 Å². The summed E-state index contributed by atoms with van der Waals surface area (Å²) in [5.74, 6) is -4.40. The summed E-state index contributed by atoms with van der Waals surface area (Å²) < 4.78 is 28.5. The van der Waals surface area contributed by atoms with Gasteiger partial charge in [-0.3, -0.25) is 19.2 Å². The summed E-state index contributed by atoms with van der Waals surface area (Å²) in [5.41, 5.74) is -2.47. The van der Waals surface area contributed by atoms with E-state index in [1.807, 2.05) is 13.8 Å². The zero-order valence-electron chi connectivity index (χ0n) is 19.5. The van der Waals surface area contributed by atoms with Crippen molar-refractivity contribution in [1.82, 2.24) is 20.1 Å². The molecule has 0 bridgehead atoms. The van der Waals surface area contributed by atoms with E-state index >= 15 is 0 Å². The minimum absolute atomic E-state index is 0.00803. The van der Waals surface area contributed by atoms with Crippen LogP contribution in [0.25, 0.3) is 0 Å². The summed E-state index contributed by atoms with van der Waals surface area (Å²) in [4.78, 5) is 52.6. The van der Waals surface area contributed by atoms with Crippen molar-refractivity contribution in [2.75, 3.05) is 13.6 Å². The molecule has 9 nitrogen and oxygen atoms in total. The first-order chi connectivity index (χ1) is 16.5. The SMILES string of the molecule is CNC(=O)C1CC2(C1)CN(C(C)C)C(=O)c1c(O)c(=O)c(C(=O)NCc3ccc(F)cc3F)cn12. The van der Waals surface area contributed by atoms with Gasteiger partial charge in [0, 0.05) is 49.9 Å². The maximum absolute atomic E-state index is 13.9. The number of rotatable bonds is 5. The van der Waals surface area contributed by atoms with Crippen LogP contribution in [-0.4, -0.2) is 51.9 Å². The van der Waals surface area contributed by atoms with Crippen LogP contribution in [0.4, 0.5) is 8.78 Å². The Morgan fingerprint density at radius 2 is 1.91 bits per heavy atom. The Morgan fingerprint density at radius 3 is 2.51 bits per heavy atom. The number of hydrogen-bond acceptors (Lipinski definition) is 5. The maximum Gasteiger partial charge on any atom is 0.274 e. The molecular weight excluding hydrogens is 462 g/mol. The van der Waals surface area contributed by atoms with E-state index in [0.29, 0.717) is 18.9 Å². The first-order valence-electron chi connectivity index (χ1n) is 11.2. The summed E-state index contributed by atoms with van der Waals surface area (Å²) in [6.45, 7) is 3.54. The Bertz CT molecular complexity index is 1280. The van der Waals surface area contributed by atoms with Crippen LogP contribution in [0.1, 0.15) is 53.1 Å². The standard InChI is InChI=1S/C24H26F2N4O5/c1-12(2)29-11-24(7-14(8-24)21(33)27-3)30-10-16(19(31)20(32)18(30)23(29)35)22(34)28-9-13-4-5-15(25)6-17(13)26/h4-6,10,12,14,32H,7-9,11H2,1-3H3,(H,27,33)(H,28,34). The molecule has 1 aliphatic heterocycles. The van der Waals surface area contributed by atoms with Crippen LogP contribution in [0.2, 0.25) is 0 Å². The number of aromatic nitrogens is 1. The summed E-state index contributed by atoms with van der Waals surface area (Å²) in [6.07, 6.45) is 1.92. The van der Waals surface area contributed by atoms with Crippen molar-refractivity contribution in [3.8, 4) is 5.75 Å². The molecule has 0 saturated heterocycles. The van der Waals surface area contributed by atoms with Crippen LogP contribution >= 0.6 is 0 Å². The van der Waals surface area contributed by atoms with Gasteiger partial charge < -0.3 is 25.2 Å². The van der Waals surface area contributed by atoms with Crippen molar-refractivity contribution in [3.05, 3.63) is 63.1 Å². The largest absolute Gasteiger partial charge is 0.503 e. The number of nitrogens with zero attached hydrogens (tertiary/aromatic N) is 2. The number of nitrogens with one attached hydrogen (secondary N) is 2. The fourth-order valence-corrected chi connectivity index (χ4v) is 4.87. The third-order valence-electron chi connectivity index (χ3n) is 6.81. The molecule has 3 N–H and O–H groups in total. The maximum atomic E-state index is 13.9. The minimum atomic E-state index is -1.04. The van der Waals surface area contributed by atoms with Gasteiger partial charge in [0.25, 0.3) is 11.8 Å². The molecule has 0 radical (unpaired) electrons. The predicted octanol–water partition coefficient (Wildman–Crippen LogP) is 1.48. The first-order valence-corrected chi connectivity index (χ1v) is 11.2. The Labute approximate surface area is 199 Å². The summed E-state index contributed by atoms with van der Waals surface area (Å²) in [6, 6.07) is 2.66. The molecule has 1 aromatic carbocycles. The Morgan fingerprint density at radius 1 is 1.23 bits per heavy atom. The minimum Gasteiger partial charge on any atom is -0.503 e. The summed E-state index contributed by atoms with van der Waals surface area (Å²) in [7, 11) is 1.53. The lowest BCUT2D eigenvalue weighted by Gasteiger charge is -2.54. The molecule has 35 heavy (non-hydrogen) atoms. The van der Waals surface area contributed by atoms with Crippen molar-refractivity contribution in [2.24, 2.45) is 5.92 Å². The fraction of sp³-hybridized carbons (Fsp3) is 0.417. The number of fused-ring (bicyclic) bond motifs is 2. The van der Waals surface area contributed by atoms with E-state index in [-0.39, 0.29) is 42.2 Å². The molecule has 1 aromatic heterocycles. The van der Waals surface area contributed by atoms with E-state index in [1.165, 1.54) is 28.8 Å². The molecule has 1 aliphatic carbocycles. The lowest BCUT2D eigenvalue weighted by Crippen LogP contribution is -2.63. The molecule has 0 unspecified atom stereocenters. The summed E-state index contributed by atoms with van der Waals surface area (Å²) in [5, 5.41) is 15.7. The predicted molar refractivity (Wildman–Crippen MR) is 121 cm³/mol. The first kappa shape index (κ1) is 24.4. The Hall–Kier alpha value is -3.76. The number of hydrogen-bond donors (Lipinski definition) is 3. The van der Waals surface area contributed by atoms with Crippen LogP contribution in [-0.2, 0) is 16.9 Å². The molecule has 2 heterocycles. The van der Waals surface area contributed by atoms with Crippen LogP contribution in [0.15, 0.2) is 29.2 Å². The number of amides is 3. The number of carbonyl (C=O) groups excluding carboxylic acids is 3. The third-order valence-corrected chi connectivity index (χ3v) is 6.81. The van der Waals surface area contributed by atoms with Gasteiger partial charge in [0.15, 0.2) is 11.4 Å².